The van der Waals surface area contributed by atoms with Gasteiger partial charge in [0, 0.05) is 34.9 Å². The number of amides is 1. The molecule has 1 unspecified atom stereocenters. The van der Waals surface area contributed by atoms with Gasteiger partial charge in [0.2, 0.25) is 0 Å². The van der Waals surface area contributed by atoms with Crippen molar-refractivity contribution in [1.29, 1.82) is 0 Å². The molecule has 0 saturated heterocycles. The summed E-state index contributed by atoms with van der Waals surface area (Å²) in [6.45, 7) is 0.552. The fourth-order valence-corrected chi connectivity index (χ4v) is 2.67. The molecule has 1 aromatic heterocycles. The van der Waals surface area contributed by atoms with Crippen molar-refractivity contribution in [2.24, 2.45) is 5.73 Å². The zero-order chi connectivity index (χ0) is 12.1. The summed E-state index contributed by atoms with van der Waals surface area (Å²) in [6.07, 6.45) is -0.296. The zero-order valence-electron chi connectivity index (χ0n) is 9.02. The smallest absolute Gasteiger partial charge is 0.252 e. The predicted octanol–water partition coefficient (Wildman–Crippen LogP) is 0.831. The second kappa shape index (κ2) is 6.34. The van der Waals surface area contributed by atoms with E-state index in [4.69, 9.17) is 5.73 Å². The lowest BCUT2D eigenvalue weighted by Gasteiger charge is -2.19. The van der Waals surface area contributed by atoms with E-state index in [1.165, 1.54) is 9.78 Å². The lowest BCUT2D eigenvalue weighted by Crippen LogP contribution is -2.41. The van der Waals surface area contributed by atoms with E-state index in [0.29, 0.717) is 6.54 Å². The molecule has 0 fully saturated rings. The number of nitrogens with two attached hydrogens (primary N) is 1. The number of aliphatic hydroxyl groups excluding tert-OH is 1. The summed E-state index contributed by atoms with van der Waals surface area (Å²) < 4.78 is 1.06. The van der Waals surface area contributed by atoms with E-state index in [1.807, 2.05) is 11.4 Å². The van der Waals surface area contributed by atoms with Gasteiger partial charge in [-0.3, -0.25) is 4.79 Å². The van der Waals surface area contributed by atoms with Gasteiger partial charge in [0.05, 0.1) is 0 Å². The minimum atomic E-state index is -1.08. The highest BCUT2D eigenvalue weighted by Gasteiger charge is 2.17. The van der Waals surface area contributed by atoms with Crippen molar-refractivity contribution in [3.8, 4) is 0 Å². The molecule has 0 aliphatic carbocycles. The number of rotatable bonds is 5. The number of thiophene rings is 1. The Kier molecular flexibility index (Phi) is 5.40. The molecular formula is C10H15BrN2O2S. The molecule has 6 heteroatoms. The van der Waals surface area contributed by atoms with Gasteiger partial charge in [0.1, 0.15) is 6.10 Å². The summed E-state index contributed by atoms with van der Waals surface area (Å²) in [7, 11) is 1.67. The van der Waals surface area contributed by atoms with Crippen LogP contribution in [0.25, 0.3) is 0 Å². The Bertz CT molecular complexity index is 356. The van der Waals surface area contributed by atoms with E-state index < -0.39 is 6.10 Å². The maximum absolute atomic E-state index is 11.5. The summed E-state index contributed by atoms with van der Waals surface area (Å²) in [6, 6.07) is 2.03. The Morgan fingerprint density at radius 1 is 1.75 bits per heavy atom. The third kappa shape index (κ3) is 3.86. The highest BCUT2D eigenvalue weighted by atomic mass is 79.9. The van der Waals surface area contributed by atoms with Gasteiger partial charge in [0.15, 0.2) is 0 Å². The van der Waals surface area contributed by atoms with Crippen molar-refractivity contribution in [2.75, 3.05) is 20.1 Å². The lowest BCUT2D eigenvalue weighted by molar-refractivity contribution is -0.138. The van der Waals surface area contributed by atoms with Crippen LogP contribution in [0, 0.1) is 0 Å². The van der Waals surface area contributed by atoms with E-state index >= 15 is 0 Å². The Balaban J connectivity index is 2.40. The number of hydrogen-bond donors (Lipinski definition) is 2. The molecule has 0 saturated carbocycles. The second-order valence-electron chi connectivity index (χ2n) is 3.49. The van der Waals surface area contributed by atoms with E-state index in [1.54, 1.807) is 18.4 Å². The largest absolute Gasteiger partial charge is 0.382 e. The van der Waals surface area contributed by atoms with Gasteiger partial charge in [-0.1, -0.05) is 0 Å². The molecule has 0 aliphatic heterocycles. The molecule has 1 rings (SSSR count). The molecular weight excluding hydrogens is 292 g/mol. The minimum Gasteiger partial charge on any atom is -0.382 e. The molecule has 0 aliphatic rings. The van der Waals surface area contributed by atoms with E-state index in [9.17, 15) is 9.90 Å². The van der Waals surface area contributed by atoms with Crippen LogP contribution in [0.5, 0.6) is 0 Å². The van der Waals surface area contributed by atoms with Crippen molar-refractivity contribution in [3.05, 3.63) is 20.8 Å². The Morgan fingerprint density at radius 2 is 2.44 bits per heavy atom. The highest BCUT2D eigenvalue weighted by Crippen LogP contribution is 2.20. The van der Waals surface area contributed by atoms with E-state index in [-0.39, 0.29) is 12.5 Å². The summed E-state index contributed by atoms with van der Waals surface area (Å²) in [5, 5.41) is 11.3. The third-order valence-corrected chi connectivity index (χ3v) is 3.96. The molecule has 0 radical (unpaired) electrons. The van der Waals surface area contributed by atoms with Crippen LogP contribution in [0.15, 0.2) is 15.9 Å². The van der Waals surface area contributed by atoms with Crippen molar-refractivity contribution in [1.82, 2.24) is 4.90 Å². The lowest BCUT2D eigenvalue weighted by atomic mass is 10.3. The summed E-state index contributed by atoms with van der Waals surface area (Å²) in [5.41, 5.74) is 5.22. The monoisotopic (exact) mass is 306 g/mol. The fraction of sp³-hybridized carbons (Fsp3) is 0.500. The Labute approximate surface area is 107 Å². The van der Waals surface area contributed by atoms with E-state index in [2.05, 4.69) is 15.9 Å². The molecule has 1 heterocycles. The van der Waals surface area contributed by atoms with Gasteiger partial charge in [-0.05, 0) is 28.4 Å². The van der Waals surface area contributed by atoms with Gasteiger partial charge in [-0.25, -0.2) is 0 Å². The molecule has 0 aromatic carbocycles. The first-order valence-corrected chi connectivity index (χ1v) is 6.58. The van der Waals surface area contributed by atoms with Crippen molar-refractivity contribution in [3.63, 3.8) is 0 Å². The van der Waals surface area contributed by atoms with Crippen LogP contribution < -0.4 is 5.73 Å². The molecule has 0 bridgehead atoms. The minimum absolute atomic E-state index is 0.0340. The first kappa shape index (κ1) is 13.6. The summed E-state index contributed by atoms with van der Waals surface area (Å²) in [5.74, 6) is -0.321. The summed E-state index contributed by atoms with van der Waals surface area (Å²) in [4.78, 5) is 14.2. The number of likely N-dealkylation sites (N-methyl/N-ethyl adjacent to an activating group) is 1. The first-order valence-electron chi connectivity index (χ1n) is 4.90. The fourth-order valence-electron chi connectivity index (χ4n) is 1.23. The number of nitrogens with zero attached hydrogens (tertiary/aromatic N) is 1. The van der Waals surface area contributed by atoms with Gasteiger partial charge in [-0.15, -0.1) is 11.3 Å². The van der Waals surface area contributed by atoms with E-state index in [0.717, 1.165) is 10.9 Å². The molecule has 1 aromatic rings. The molecule has 0 spiro atoms. The van der Waals surface area contributed by atoms with Crippen LogP contribution in [0.3, 0.4) is 0 Å². The Hall–Kier alpha value is -0.430. The number of hydrogen-bond acceptors (Lipinski definition) is 4. The van der Waals surface area contributed by atoms with Gasteiger partial charge >= 0.3 is 0 Å². The standard InChI is InChI=1S/C10H15BrN2O2S/c1-13(10(15)9(14)5-12)3-2-8-4-7(11)6-16-8/h4,6,9,14H,2-3,5,12H2,1H3. The topological polar surface area (TPSA) is 66.6 Å². The number of halogens is 1. The van der Waals surface area contributed by atoms with Crippen molar-refractivity contribution < 1.29 is 9.90 Å². The van der Waals surface area contributed by atoms with Gasteiger partial charge in [0.25, 0.3) is 5.91 Å². The molecule has 16 heavy (non-hydrogen) atoms. The van der Waals surface area contributed by atoms with Crippen LogP contribution in [0.4, 0.5) is 0 Å². The van der Waals surface area contributed by atoms with Crippen molar-refractivity contribution in [2.45, 2.75) is 12.5 Å². The average molecular weight is 307 g/mol. The zero-order valence-corrected chi connectivity index (χ0v) is 11.4. The molecule has 4 nitrogen and oxygen atoms in total. The number of carbonyl (C=O) groups is 1. The second-order valence-corrected chi connectivity index (χ2v) is 5.40. The molecule has 1 atom stereocenters. The third-order valence-electron chi connectivity index (χ3n) is 2.20. The first-order chi connectivity index (χ1) is 7.54. The van der Waals surface area contributed by atoms with Crippen LogP contribution in [-0.2, 0) is 11.2 Å². The maximum Gasteiger partial charge on any atom is 0.252 e. The molecule has 1 amide bonds. The van der Waals surface area contributed by atoms with Crippen LogP contribution in [0.2, 0.25) is 0 Å². The number of aliphatic hydroxyl groups is 1. The maximum atomic E-state index is 11.5. The summed E-state index contributed by atoms with van der Waals surface area (Å²) >= 11 is 5.02. The van der Waals surface area contributed by atoms with Crippen molar-refractivity contribution >= 4 is 33.2 Å². The van der Waals surface area contributed by atoms with Crippen LogP contribution in [-0.4, -0.2) is 42.2 Å². The SMILES string of the molecule is CN(CCc1cc(Br)cs1)C(=O)C(O)CN. The Morgan fingerprint density at radius 3 is 2.94 bits per heavy atom. The van der Waals surface area contributed by atoms with Crippen LogP contribution in [0.1, 0.15) is 4.88 Å². The highest BCUT2D eigenvalue weighted by molar-refractivity contribution is 9.10. The van der Waals surface area contributed by atoms with Crippen LogP contribution >= 0.6 is 27.3 Å². The van der Waals surface area contributed by atoms with Gasteiger partial charge < -0.3 is 15.7 Å². The normalized spacial score (nSPS) is 12.5. The molecule has 3 N–H and O–H groups in total. The molecule has 90 valence electrons. The average Bonchev–Trinajstić information content (AvgIpc) is 2.69. The number of carbonyl (C=O) groups excluding carboxylic acids is 1. The quantitative estimate of drug-likeness (QED) is 0.847. The predicted molar refractivity (Wildman–Crippen MR) is 68.4 cm³/mol. The van der Waals surface area contributed by atoms with Gasteiger partial charge in [-0.2, -0.15) is 0 Å².